The molecule has 1 atom stereocenters. The molecular weight excluding hydrogens is 316 g/mol. The summed E-state index contributed by atoms with van der Waals surface area (Å²) in [6, 6.07) is 7.20. The largest absolute Gasteiger partial charge is 0.497 e. The van der Waals surface area contributed by atoms with Crippen molar-refractivity contribution in [3.05, 3.63) is 29.8 Å². The van der Waals surface area contributed by atoms with E-state index in [1.165, 1.54) is 0 Å². The van der Waals surface area contributed by atoms with Gasteiger partial charge in [0.05, 0.1) is 7.11 Å². The van der Waals surface area contributed by atoms with Crippen LogP contribution in [0, 0.1) is 0 Å². The van der Waals surface area contributed by atoms with Crippen molar-refractivity contribution in [3.8, 4) is 5.75 Å². The van der Waals surface area contributed by atoms with E-state index in [1.54, 1.807) is 12.0 Å². The quantitative estimate of drug-likeness (QED) is 0.623. The Morgan fingerprint density at radius 3 is 2.56 bits per heavy atom. The highest BCUT2D eigenvalue weighted by atomic mass is 16.5. The van der Waals surface area contributed by atoms with Gasteiger partial charge in [-0.15, -0.1) is 0 Å². The molecule has 1 rings (SSSR count). The Kier molecular flexibility index (Phi) is 9.66. The van der Waals surface area contributed by atoms with Gasteiger partial charge in [-0.2, -0.15) is 0 Å². The van der Waals surface area contributed by atoms with Gasteiger partial charge < -0.3 is 15.0 Å². The second-order valence-corrected chi connectivity index (χ2v) is 6.19. The molecule has 5 heteroatoms. The second-order valence-electron chi connectivity index (χ2n) is 6.19. The lowest BCUT2D eigenvalue weighted by molar-refractivity contribution is -0.141. The molecule has 0 aliphatic carbocycles. The van der Waals surface area contributed by atoms with E-state index in [1.807, 2.05) is 38.1 Å². The monoisotopic (exact) mass is 348 g/mol. The molecule has 5 nitrogen and oxygen atoms in total. The molecule has 0 saturated heterocycles. The summed E-state index contributed by atoms with van der Waals surface area (Å²) in [4.78, 5) is 26.9. The lowest BCUT2D eigenvalue weighted by Crippen LogP contribution is -2.49. The van der Waals surface area contributed by atoms with E-state index < -0.39 is 6.04 Å². The summed E-state index contributed by atoms with van der Waals surface area (Å²) in [6.07, 6.45) is 3.78. The van der Waals surface area contributed by atoms with Gasteiger partial charge in [-0.05, 0) is 37.0 Å². The highest BCUT2D eigenvalue weighted by Gasteiger charge is 2.27. The first kappa shape index (κ1) is 21.0. The van der Waals surface area contributed by atoms with Gasteiger partial charge in [0.1, 0.15) is 11.8 Å². The van der Waals surface area contributed by atoms with Gasteiger partial charge in [0, 0.05) is 19.5 Å². The molecule has 0 unspecified atom stereocenters. The van der Waals surface area contributed by atoms with E-state index in [4.69, 9.17) is 4.74 Å². The molecule has 0 bridgehead atoms. The predicted octanol–water partition coefficient (Wildman–Crippen LogP) is 3.52. The van der Waals surface area contributed by atoms with Crippen molar-refractivity contribution in [2.45, 2.75) is 65.5 Å². The lowest BCUT2D eigenvalue weighted by Gasteiger charge is -2.30. The number of ether oxygens (including phenoxy) is 1. The van der Waals surface area contributed by atoms with Crippen LogP contribution in [0.3, 0.4) is 0 Å². The van der Waals surface area contributed by atoms with Crippen LogP contribution in [0.25, 0.3) is 0 Å². The van der Waals surface area contributed by atoms with Crippen molar-refractivity contribution in [2.75, 3.05) is 13.7 Å². The van der Waals surface area contributed by atoms with E-state index in [2.05, 4.69) is 12.2 Å². The summed E-state index contributed by atoms with van der Waals surface area (Å²) in [7, 11) is 1.62. The van der Waals surface area contributed by atoms with Gasteiger partial charge in [0.25, 0.3) is 0 Å². The van der Waals surface area contributed by atoms with Crippen LogP contribution < -0.4 is 10.1 Å². The summed E-state index contributed by atoms with van der Waals surface area (Å²) >= 11 is 0. The maximum absolute atomic E-state index is 12.7. The number of unbranched alkanes of at least 4 members (excludes halogenated alkanes) is 1. The van der Waals surface area contributed by atoms with Crippen LogP contribution in [0.1, 0.15) is 58.4 Å². The van der Waals surface area contributed by atoms with E-state index in [-0.39, 0.29) is 11.8 Å². The first-order valence-electron chi connectivity index (χ1n) is 9.27. The highest BCUT2D eigenvalue weighted by molar-refractivity contribution is 5.87. The van der Waals surface area contributed by atoms with Crippen molar-refractivity contribution in [2.24, 2.45) is 0 Å². The average Bonchev–Trinajstić information content (AvgIpc) is 2.62. The summed E-state index contributed by atoms with van der Waals surface area (Å²) in [5.74, 6) is 0.701. The van der Waals surface area contributed by atoms with Gasteiger partial charge in [0.15, 0.2) is 0 Å². The van der Waals surface area contributed by atoms with E-state index in [9.17, 15) is 9.59 Å². The molecule has 0 heterocycles. The zero-order valence-electron chi connectivity index (χ0n) is 16.0. The molecule has 0 radical (unpaired) electrons. The molecule has 2 amide bonds. The number of hydrogen-bond acceptors (Lipinski definition) is 3. The number of methoxy groups -OCH3 is 1. The van der Waals surface area contributed by atoms with Crippen LogP contribution in [0.15, 0.2) is 24.3 Å². The van der Waals surface area contributed by atoms with Crippen molar-refractivity contribution < 1.29 is 14.3 Å². The molecule has 25 heavy (non-hydrogen) atoms. The number of benzene rings is 1. The van der Waals surface area contributed by atoms with Crippen LogP contribution >= 0.6 is 0 Å². The van der Waals surface area contributed by atoms with Gasteiger partial charge in [-0.3, -0.25) is 9.59 Å². The summed E-state index contributed by atoms with van der Waals surface area (Å²) < 4.78 is 5.26. The first-order chi connectivity index (χ1) is 12.1. The Morgan fingerprint density at radius 1 is 1.20 bits per heavy atom. The van der Waals surface area contributed by atoms with Crippen molar-refractivity contribution >= 4 is 11.8 Å². The van der Waals surface area contributed by atoms with Crippen LogP contribution in [-0.2, 0) is 16.1 Å². The number of rotatable bonds is 11. The van der Waals surface area contributed by atoms with Crippen LogP contribution in [-0.4, -0.2) is 36.4 Å². The standard InChI is InChI=1S/C20H32N2O3/c1-5-8-13-21-20(24)18(7-3)22(19(23)10-6-2)15-16-11-9-12-17(14-16)25-4/h9,11-12,14,18H,5-8,10,13,15H2,1-4H3,(H,21,24)/t18-/m0/s1. The second kappa shape index (κ2) is 11.5. The molecule has 1 aromatic carbocycles. The number of nitrogens with one attached hydrogen (secondary N) is 1. The summed E-state index contributed by atoms with van der Waals surface area (Å²) in [5.41, 5.74) is 0.962. The zero-order valence-corrected chi connectivity index (χ0v) is 16.0. The number of amides is 2. The number of nitrogens with zero attached hydrogens (tertiary/aromatic N) is 1. The fourth-order valence-corrected chi connectivity index (χ4v) is 2.75. The van der Waals surface area contributed by atoms with E-state index >= 15 is 0 Å². The van der Waals surface area contributed by atoms with Gasteiger partial charge in [-0.25, -0.2) is 0 Å². The summed E-state index contributed by atoms with van der Waals surface area (Å²) in [5, 5.41) is 2.96. The first-order valence-corrected chi connectivity index (χ1v) is 9.27. The molecule has 140 valence electrons. The molecular formula is C20H32N2O3. The molecule has 0 aromatic heterocycles. The van der Waals surface area contributed by atoms with Crippen molar-refractivity contribution in [1.82, 2.24) is 10.2 Å². The van der Waals surface area contributed by atoms with E-state index in [0.717, 1.165) is 30.6 Å². The number of carbonyl (C=O) groups excluding carboxylic acids is 2. The smallest absolute Gasteiger partial charge is 0.242 e. The van der Waals surface area contributed by atoms with Crippen LogP contribution in [0.5, 0.6) is 5.75 Å². The predicted molar refractivity (Wildman–Crippen MR) is 100 cm³/mol. The van der Waals surface area contributed by atoms with E-state index in [0.29, 0.717) is 25.9 Å². The fourth-order valence-electron chi connectivity index (χ4n) is 2.75. The third-order valence-corrected chi connectivity index (χ3v) is 4.17. The normalized spacial score (nSPS) is 11.7. The minimum absolute atomic E-state index is 0.0165. The Bertz CT molecular complexity index is 545. The van der Waals surface area contributed by atoms with Crippen molar-refractivity contribution in [3.63, 3.8) is 0 Å². The van der Waals surface area contributed by atoms with Gasteiger partial charge in [-0.1, -0.05) is 39.3 Å². The van der Waals surface area contributed by atoms with Gasteiger partial charge >= 0.3 is 0 Å². The minimum atomic E-state index is -0.442. The number of carbonyl (C=O) groups is 2. The van der Waals surface area contributed by atoms with Crippen molar-refractivity contribution in [1.29, 1.82) is 0 Å². The fraction of sp³-hybridized carbons (Fsp3) is 0.600. The lowest BCUT2D eigenvalue weighted by atomic mass is 10.1. The maximum Gasteiger partial charge on any atom is 0.242 e. The van der Waals surface area contributed by atoms with Crippen LogP contribution in [0.2, 0.25) is 0 Å². The highest BCUT2D eigenvalue weighted by Crippen LogP contribution is 2.18. The van der Waals surface area contributed by atoms with Gasteiger partial charge in [0.2, 0.25) is 11.8 Å². The average molecular weight is 348 g/mol. The number of hydrogen-bond donors (Lipinski definition) is 1. The molecule has 0 saturated carbocycles. The third kappa shape index (κ3) is 6.77. The molecule has 0 fully saturated rings. The third-order valence-electron chi connectivity index (χ3n) is 4.17. The zero-order chi connectivity index (χ0) is 18.7. The Balaban J connectivity index is 2.96. The Hall–Kier alpha value is -2.04. The Morgan fingerprint density at radius 2 is 1.96 bits per heavy atom. The molecule has 0 aliphatic heterocycles. The van der Waals surface area contributed by atoms with Crippen LogP contribution in [0.4, 0.5) is 0 Å². The summed E-state index contributed by atoms with van der Waals surface area (Å²) in [6.45, 7) is 7.08. The molecule has 1 N–H and O–H groups in total. The topological polar surface area (TPSA) is 58.6 Å². The minimum Gasteiger partial charge on any atom is -0.497 e. The SMILES string of the molecule is CCCCNC(=O)[C@H](CC)N(Cc1cccc(OC)c1)C(=O)CCC. The molecule has 0 aliphatic rings. The Labute approximate surface area is 151 Å². The maximum atomic E-state index is 12.7. The molecule has 0 spiro atoms. The molecule has 1 aromatic rings.